The van der Waals surface area contributed by atoms with Crippen molar-refractivity contribution in [2.45, 2.75) is 19.1 Å². The number of hydrogen-bond donors (Lipinski definition) is 1. The van der Waals surface area contributed by atoms with Crippen LogP contribution in [0.25, 0.3) is 0 Å². The van der Waals surface area contributed by atoms with Crippen LogP contribution in [-0.4, -0.2) is 27.8 Å². The predicted molar refractivity (Wildman–Crippen MR) is 75.2 cm³/mol. The van der Waals surface area contributed by atoms with Crippen LogP contribution in [0.15, 0.2) is 47.6 Å². The average molecular weight is 252 g/mol. The van der Waals surface area contributed by atoms with Crippen LogP contribution in [0, 0.1) is 5.92 Å². The van der Waals surface area contributed by atoms with Gasteiger partial charge in [-0.25, -0.2) is 4.98 Å². The number of imidazole rings is 1. The van der Waals surface area contributed by atoms with Gasteiger partial charge in [0.2, 0.25) is 0 Å². The van der Waals surface area contributed by atoms with Gasteiger partial charge < -0.3 is 9.88 Å². The van der Waals surface area contributed by atoms with Gasteiger partial charge in [0.25, 0.3) is 0 Å². The SMILES string of the molecule is C1=CC2C=CC(c3cnc4n3CCNC4)=NC2C=C1. The van der Waals surface area contributed by atoms with Gasteiger partial charge in [0, 0.05) is 19.0 Å². The Morgan fingerprint density at radius 1 is 1.21 bits per heavy atom. The van der Waals surface area contributed by atoms with Crippen LogP contribution >= 0.6 is 0 Å². The van der Waals surface area contributed by atoms with E-state index < -0.39 is 0 Å². The third-order valence-electron chi connectivity index (χ3n) is 3.91. The third-order valence-corrected chi connectivity index (χ3v) is 3.91. The molecule has 3 aliphatic rings. The van der Waals surface area contributed by atoms with Gasteiger partial charge in [-0.1, -0.05) is 30.4 Å². The number of dihydropyridines is 1. The fourth-order valence-electron chi connectivity index (χ4n) is 2.88. The molecule has 0 fully saturated rings. The maximum Gasteiger partial charge on any atom is 0.123 e. The standard InChI is InChI=1S/C15H16N4/c1-2-4-12-11(3-1)5-6-13(18-12)14-9-17-15-10-16-7-8-19(14)15/h1-6,9,11-12,16H,7-8,10H2. The van der Waals surface area contributed by atoms with Gasteiger partial charge in [-0.15, -0.1) is 0 Å². The first-order chi connectivity index (χ1) is 9.42. The monoisotopic (exact) mass is 252 g/mol. The number of nitrogens with zero attached hydrogens (tertiary/aromatic N) is 3. The van der Waals surface area contributed by atoms with Crippen molar-refractivity contribution in [3.63, 3.8) is 0 Å². The zero-order chi connectivity index (χ0) is 12.7. The summed E-state index contributed by atoms with van der Waals surface area (Å²) >= 11 is 0. The number of rotatable bonds is 1. The second-order valence-corrected chi connectivity index (χ2v) is 5.10. The predicted octanol–water partition coefficient (Wildman–Crippen LogP) is 1.46. The molecular weight excluding hydrogens is 236 g/mol. The van der Waals surface area contributed by atoms with Gasteiger partial charge in [-0.05, 0) is 6.08 Å². The molecule has 4 nitrogen and oxygen atoms in total. The van der Waals surface area contributed by atoms with Gasteiger partial charge in [0.15, 0.2) is 0 Å². The van der Waals surface area contributed by atoms with E-state index in [0.29, 0.717) is 5.92 Å². The van der Waals surface area contributed by atoms with Crippen LogP contribution in [-0.2, 0) is 13.1 Å². The zero-order valence-corrected chi connectivity index (χ0v) is 10.7. The van der Waals surface area contributed by atoms with Crippen molar-refractivity contribution in [1.82, 2.24) is 14.9 Å². The van der Waals surface area contributed by atoms with E-state index in [9.17, 15) is 0 Å². The van der Waals surface area contributed by atoms with Crippen LogP contribution < -0.4 is 5.32 Å². The lowest BCUT2D eigenvalue weighted by atomic mass is 9.92. The van der Waals surface area contributed by atoms with Gasteiger partial charge in [0.05, 0.1) is 30.2 Å². The molecule has 2 aliphatic heterocycles. The van der Waals surface area contributed by atoms with Gasteiger partial charge in [0.1, 0.15) is 5.82 Å². The van der Waals surface area contributed by atoms with Gasteiger partial charge in [-0.2, -0.15) is 0 Å². The fraction of sp³-hybridized carbons (Fsp3) is 0.333. The topological polar surface area (TPSA) is 42.2 Å². The van der Waals surface area contributed by atoms with Crippen molar-refractivity contribution < 1.29 is 0 Å². The summed E-state index contributed by atoms with van der Waals surface area (Å²) in [6.45, 7) is 2.83. The Morgan fingerprint density at radius 3 is 3.16 bits per heavy atom. The molecule has 1 aliphatic carbocycles. The third kappa shape index (κ3) is 1.79. The van der Waals surface area contributed by atoms with E-state index in [2.05, 4.69) is 51.3 Å². The van der Waals surface area contributed by atoms with E-state index in [-0.39, 0.29) is 6.04 Å². The molecule has 1 aromatic rings. The summed E-state index contributed by atoms with van der Waals surface area (Å²) in [5, 5.41) is 3.34. The van der Waals surface area contributed by atoms with Crippen LogP contribution in [0.3, 0.4) is 0 Å². The van der Waals surface area contributed by atoms with E-state index in [1.54, 1.807) is 0 Å². The zero-order valence-electron chi connectivity index (χ0n) is 10.7. The second kappa shape index (κ2) is 4.31. The highest BCUT2D eigenvalue weighted by molar-refractivity contribution is 6.08. The highest BCUT2D eigenvalue weighted by Crippen LogP contribution is 2.23. The van der Waals surface area contributed by atoms with Crippen LogP contribution in [0.4, 0.5) is 0 Å². The second-order valence-electron chi connectivity index (χ2n) is 5.10. The largest absolute Gasteiger partial charge is 0.324 e. The lowest BCUT2D eigenvalue weighted by molar-refractivity contribution is 0.503. The number of fused-ring (bicyclic) bond motifs is 2. The molecule has 3 heterocycles. The molecule has 0 aromatic carbocycles. The lowest BCUT2D eigenvalue weighted by Gasteiger charge is -2.23. The molecule has 4 heteroatoms. The molecule has 0 radical (unpaired) electrons. The quantitative estimate of drug-likeness (QED) is 0.822. The summed E-state index contributed by atoms with van der Waals surface area (Å²) < 4.78 is 2.28. The molecular formula is C15H16N4. The molecule has 1 N–H and O–H groups in total. The summed E-state index contributed by atoms with van der Waals surface area (Å²) in [5.41, 5.74) is 2.20. The molecule has 0 amide bonds. The summed E-state index contributed by atoms with van der Waals surface area (Å²) in [6.07, 6.45) is 14.9. The Kier molecular flexibility index (Phi) is 2.48. The minimum atomic E-state index is 0.248. The van der Waals surface area contributed by atoms with Crippen LogP contribution in [0.5, 0.6) is 0 Å². The Labute approximate surface area is 112 Å². The molecule has 96 valence electrons. The molecule has 2 unspecified atom stereocenters. The van der Waals surface area contributed by atoms with E-state index in [1.807, 2.05) is 6.20 Å². The minimum Gasteiger partial charge on any atom is -0.324 e. The fourth-order valence-corrected chi connectivity index (χ4v) is 2.88. The Bertz CT molecular complexity index is 618. The van der Waals surface area contributed by atoms with Crippen molar-refractivity contribution in [2.75, 3.05) is 6.54 Å². The van der Waals surface area contributed by atoms with E-state index in [0.717, 1.165) is 36.9 Å². The smallest absolute Gasteiger partial charge is 0.123 e. The lowest BCUT2D eigenvalue weighted by Crippen LogP contribution is -2.30. The molecule has 1 aromatic heterocycles. The molecule has 0 bridgehead atoms. The average Bonchev–Trinajstić information content (AvgIpc) is 2.91. The maximum absolute atomic E-state index is 4.86. The van der Waals surface area contributed by atoms with E-state index in [1.165, 1.54) is 0 Å². The van der Waals surface area contributed by atoms with Crippen molar-refractivity contribution >= 4 is 5.71 Å². The summed E-state index contributed by atoms with van der Waals surface area (Å²) in [4.78, 5) is 9.35. The van der Waals surface area contributed by atoms with Crippen molar-refractivity contribution in [2.24, 2.45) is 10.9 Å². The Morgan fingerprint density at radius 2 is 2.16 bits per heavy atom. The number of hydrogen-bond acceptors (Lipinski definition) is 3. The first-order valence-corrected chi connectivity index (χ1v) is 6.78. The minimum absolute atomic E-state index is 0.248. The number of aliphatic imine (C=N–C) groups is 1. The Balaban J connectivity index is 1.72. The van der Waals surface area contributed by atoms with Crippen LogP contribution in [0.2, 0.25) is 0 Å². The van der Waals surface area contributed by atoms with Crippen molar-refractivity contribution in [1.29, 1.82) is 0 Å². The highest BCUT2D eigenvalue weighted by Gasteiger charge is 2.22. The van der Waals surface area contributed by atoms with E-state index >= 15 is 0 Å². The molecule has 4 rings (SSSR count). The van der Waals surface area contributed by atoms with Gasteiger partial charge >= 0.3 is 0 Å². The van der Waals surface area contributed by atoms with E-state index in [4.69, 9.17) is 4.99 Å². The normalized spacial score (nSPS) is 27.9. The highest BCUT2D eigenvalue weighted by atomic mass is 15.2. The molecule has 19 heavy (non-hydrogen) atoms. The molecule has 0 saturated heterocycles. The number of nitrogens with one attached hydrogen (secondary N) is 1. The number of allylic oxidation sites excluding steroid dienone is 3. The van der Waals surface area contributed by atoms with Crippen LogP contribution in [0.1, 0.15) is 11.5 Å². The van der Waals surface area contributed by atoms with Crippen molar-refractivity contribution in [3.05, 3.63) is 54.2 Å². The Hall–Kier alpha value is -1.94. The maximum atomic E-state index is 4.86. The number of aromatic nitrogens is 2. The summed E-state index contributed by atoms with van der Waals surface area (Å²) in [6, 6.07) is 0.248. The molecule has 0 saturated carbocycles. The van der Waals surface area contributed by atoms with Crippen molar-refractivity contribution in [3.8, 4) is 0 Å². The summed E-state index contributed by atoms with van der Waals surface area (Å²) in [5.74, 6) is 1.53. The summed E-state index contributed by atoms with van der Waals surface area (Å²) in [7, 11) is 0. The first kappa shape index (κ1) is 10.9. The first-order valence-electron chi connectivity index (χ1n) is 6.78. The van der Waals surface area contributed by atoms with Gasteiger partial charge in [-0.3, -0.25) is 4.99 Å². The molecule has 2 atom stereocenters. The molecule has 0 spiro atoms.